The maximum atomic E-state index is 11.5. The summed E-state index contributed by atoms with van der Waals surface area (Å²) in [5, 5.41) is 9.06. The molecule has 1 aromatic rings. The Hall–Kier alpha value is -1.88. The van der Waals surface area contributed by atoms with Crippen LogP contribution in [-0.4, -0.2) is 41.5 Å². The van der Waals surface area contributed by atoms with Crippen LogP contribution in [0.1, 0.15) is 36.2 Å². The van der Waals surface area contributed by atoms with E-state index in [2.05, 4.69) is 4.90 Å². The van der Waals surface area contributed by atoms with Crippen molar-refractivity contribution in [3.8, 4) is 5.75 Å². The Kier molecular flexibility index (Phi) is 4.96. The van der Waals surface area contributed by atoms with Gasteiger partial charge in [0.1, 0.15) is 5.75 Å². The molecule has 1 unspecified atom stereocenters. The van der Waals surface area contributed by atoms with Gasteiger partial charge in [0.15, 0.2) is 5.78 Å². The summed E-state index contributed by atoms with van der Waals surface area (Å²) in [6.07, 6.45) is 0.672. The standard InChI is InChI=1S/C16H21NO4/c1-3-21-15-5-4-12(11(2)18)8-14(15)10-17-7-6-13(9-17)16(19)20/h4-5,8,13H,3,6-7,9-10H2,1-2H3,(H,19,20). The molecule has 5 heteroatoms. The van der Waals surface area contributed by atoms with Gasteiger partial charge >= 0.3 is 5.97 Å². The van der Waals surface area contributed by atoms with Crippen molar-refractivity contribution in [2.75, 3.05) is 19.7 Å². The van der Waals surface area contributed by atoms with E-state index in [1.165, 1.54) is 6.92 Å². The van der Waals surface area contributed by atoms with E-state index < -0.39 is 5.97 Å². The van der Waals surface area contributed by atoms with E-state index in [0.29, 0.717) is 31.7 Å². The van der Waals surface area contributed by atoms with Gasteiger partial charge in [0.2, 0.25) is 0 Å². The first-order valence-electron chi connectivity index (χ1n) is 7.23. The molecule has 0 aromatic heterocycles. The number of hydrogen-bond donors (Lipinski definition) is 1. The molecule has 1 aliphatic heterocycles. The largest absolute Gasteiger partial charge is 0.494 e. The molecule has 1 N–H and O–H groups in total. The first-order chi connectivity index (χ1) is 10.0. The van der Waals surface area contributed by atoms with Crippen molar-refractivity contribution < 1.29 is 19.4 Å². The van der Waals surface area contributed by atoms with E-state index in [-0.39, 0.29) is 11.7 Å². The molecule has 1 saturated heterocycles. The molecule has 1 aromatic carbocycles. The Bertz CT molecular complexity index is 541. The molecule has 0 radical (unpaired) electrons. The molecule has 114 valence electrons. The van der Waals surface area contributed by atoms with E-state index in [4.69, 9.17) is 9.84 Å². The number of aliphatic carboxylic acids is 1. The van der Waals surface area contributed by atoms with Crippen molar-refractivity contribution in [3.63, 3.8) is 0 Å². The second-order valence-corrected chi connectivity index (χ2v) is 5.37. The number of carbonyl (C=O) groups excluding carboxylic acids is 1. The van der Waals surface area contributed by atoms with Crippen LogP contribution in [0.4, 0.5) is 0 Å². The highest BCUT2D eigenvalue weighted by Gasteiger charge is 2.28. The van der Waals surface area contributed by atoms with Gasteiger partial charge in [-0.2, -0.15) is 0 Å². The number of likely N-dealkylation sites (tertiary alicyclic amines) is 1. The predicted molar refractivity (Wildman–Crippen MR) is 78.6 cm³/mol. The lowest BCUT2D eigenvalue weighted by molar-refractivity contribution is -0.141. The molecule has 0 spiro atoms. The second-order valence-electron chi connectivity index (χ2n) is 5.37. The fraction of sp³-hybridized carbons (Fsp3) is 0.500. The van der Waals surface area contributed by atoms with E-state index in [1.807, 2.05) is 19.1 Å². The molecule has 0 aliphatic carbocycles. The minimum absolute atomic E-state index is 0.0177. The third-order valence-electron chi connectivity index (χ3n) is 3.78. The van der Waals surface area contributed by atoms with Crippen LogP contribution >= 0.6 is 0 Å². The summed E-state index contributed by atoms with van der Waals surface area (Å²) >= 11 is 0. The maximum Gasteiger partial charge on any atom is 0.307 e. The van der Waals surface area contributed by atoms with Gasteiger partial charge in [-0.25, -0.2) is 0 Å². The average Bonchev–Trinajstić information content (AvgIpc) is 2.89. The van der Waals surface area contributed by atoms with Crippen molar-refractivity contribution in [3.05, 3.63) is 29.3 Å². The van der Waals surface area contributed by atoms with Crippen LogP contribution in [0.25, 0.3) is 0 Å². The topological polar surface area (TPSA) is 66.8 Å². The number of carboxylic acids is 1. The van der Waals surface area contributed by atoms with Crippen LogP contribution in [0.5, 0.6) is 5.75 Å². The van der Waals surface area contributed by atoms with Gasteiger partial charge in [0.05, 0.1) is 12.5 Å². The fourth-order valence-corrected chi connectivity index (χ4v) is 2.64. The van der Waals surface area contributed by atoms with E-state index in [9.17, 15) is 9.59 Å². The zero-order chi connectivity index (χ0) is 15.4. The summed E-state index contributed by atoms with van der Waals surface area (Å²) in [5.41, 5.74) is 1.60. The van der Waals surface area contributed by atoms with Gasteiger partial charge in [-0.05, 0) is 45.0 Å². The number of hydrogen-bond acceptors (Lipinski definition) is 4. The number of rotatable bonds is 6. The van der Waals surface area contributed by atoms with Crippen LogP contribution in [0, 0.1) is 5.92 Å². The van der Waals surface area contributed by atoms with Crippen LogP contribution < -0.4 is 4.74 Å². The number of carboxylic acid groups (broad SMARTS) is 1. The SMILES string of the molecule is CCOc1ccc(C(C)=O)cc1CN1CCC(C(=O)O)C1. The van der Waals surface area contributed by atoms with Crippen LogP contribution in [-0.2, 0) is 11.3 Å². The van der Waals surface area contributed by atoms with Crippen molar-refractivity contribution in [2.45, 2.75) is 26.8 Å². The second kappa shape index (κ2) is 6.72. The van der Waals surface area contributed by atoms with Gasteiger partial charge in [0.25, 0.3) is 0 Å². The number of ketones is 1. The third kappa shape index (κ3) is 3.82. The van der Waals surface area contributed by atoms with Crippen LogP contribution in [0.15, 0.2) is 18.2 Å². The monoisotopic (exact) mass is 291 g/mol. The molecule has 21 heavy (non-hydrogen) atoms. The van der Waals surface area contributed by atoms with Crippen molar-refractivity contribution >= 4 is 11.8 Å². The molecule has 0 saturated carbocycles. The highest BCUT2D eigenvalue weighted by atomic mass is 16.5. The van der Waals surface area contributed by atoms with Crippen molar-refractivity contribution in [1.29, 1.82) is 0 Å². The predicted octanol–water partition coefficient (Wildman–Crippen LogP) is 2.19. The summed E-state index contributed by atoms with van der Waals surface area (Å²) in [6.45, 7) is 5.93. The Morgan fingerprint density at radius 1 is 1.43 bits per heavy atom. The Labute approximate surface area is 124 Å². The van der Waals surface area contributed by atoms with Crippen molar-refractivity contribution in [1.82, 2.24) is 4.90 Å². The minimum atomic E-state index is -0.736. The number of benzene rings is 1. The van der Waals surface area contributed by atoms with Gasteiger partial charge in [0, 0.05) is 24.2 Å². The number of Topliss-reactive ketones (excluding diaryl/α,β-unsaturated/α-hetero) is 1. The zero-order valence-electron chi connectivity index (χ0n) is 12.5. The van der Waals surface area contributed by atoms with Gasteiger partial charge < -0.3 is 9.84 Å². The van der Waals surface area contributed by atoms with Crippen LogP contribution in [0.3, 0.4) is 0 Å². The molecule has 1 fully saturated rings. The molecule has 0 bridgehead atoms. The lowest BCUT2D eigenvalue weighted by atomic mass is 10.1. The van der Waals surface area contributed by atoms with E-state index in [1.54, 1.807) is 6.07 Å². The maximum absolute atomic E-state index is 11.5. The lowest BCUT2D eigenvalue weighted by Crippen LogP contribution is -2.23. The molecule has 5 nitrogen and oxygen atoms in total. The summed E-state index contributed by atoms with van der Waals surface area (Å²) in [7, 11) is 0. The van der Waals surface area contributed by atoms with E-state index in [0.717, 1.165) is 17.9 Å². The quantitative estimate of drug-likeness (QED) is 0.814. The zero-order valence-corrected chi connectivity index (χ0v) is 12.5. The summed E-state index contributed by atoms with van der Waals surface area (Å²) in [5.74, 6) is -0.248. The molecule has 1 heterocycles. The highest BCUT2D eigenvalue weighted by Crippen LogP contribution is 2.25. The fourth-order valence-electron chi connectivity index (χ4n) is 2.64. The molecule has 2 rings (SSSR count). The molecular weight excluding hydrogens is 270 g/mol. The summed E-state index contributed by atoms with van der Waals surface area (Å²) in [4.78, 5) is 24.6. The Morgan fingerprint density at radius 2 is 2.19 bits per heavy atom. The van der Waals surface area contributed by atoms with Gasteiger partial charge in [-0.1, -0.05) is 0 Å². The average molecular weight is 291 g/mol. The lowest BCUT2D eigenvalue weighted by Gasteiger charge is -2.18. The Balaban J connectivity index is 2.15. The first-order valence-corrected chi connectivity index (χ1v) is 7.23. The number of ether oxygens (including phenoxy) is 1. The highest BCUT2D eigenvalue weighted by molar-refractivity contribution is 5.94. The molecule has 1 aliphatic rings. The molecule has 0 amide bonds. The summed E-state index contributed by atoms with van der Waals surface area (Å²) in [6, 6.07) is 5.43. The van der Waals surface area contributed by atoms with Crippen LogP contribution in [0.2, 0.25) is 0 Å². The third-order valence-corrected chi connectivity index (χ3v) is 3.78. The van der Waals surface area contributed by atoms with E-state index >= 15 is 0 Å². The normalized spacial score (nSPS) is 18.7. The van der Waals surface area contributed by atoms with Gasteiger partial charge in [-0.3, -0.25) is 14.5 Å². The number of nitrogens with zero attached hydrogens (tertiary/aromatic N) is 1. The Morgan fingerprint density at radius 3 is 2.76 bits per heavy atom. The van der Waals surface area contributed by atoms with Gasteiger partial charge in [-0.15, -0.1) is 0 Å². The molecular formula is C16H21NO4. The van der Waals surface area contributed by atoms with Crippen molar-refractivity contribution in [2.24, 2.45) is 5.92 Å². The first kappa shape index (κ1) is 15.5. The smallest absolute Gasteiger partial charge is 0.307 e. The number of carbonyl (C=O) groups is 2. The molecule has 1 atom stereocenters. The summed E-state index contributed by atoms with van der Waals surface area (Å²) < 4.78 is 5.60. The minimum Gasteiger partial charge on any atom is -0.494 e.